The van der Waals surface area contributed by atoms with E-state index < -0.39 is 29.6 Å². The van der Waals surface area contributed by atoms with E-state index in [4.69, 9.17) is 4.74 Å². The Balaban J connectivity index is 1.27. The summed E-state index contributed by atoms with van der Waals surface area (Å²) in [4.78, 5) is 43.3. The number of ether oxygens (including phenoxy) is 1. The summed E-state index contributed by atoms with van der Waals surface area (Å²) in [5.74, 6) is -1.93. The van der Waals surface area contributed by atoms with Crippen LogP contribution in [0, 0.1) is 11.8 Å². The standard InChI is InChI=1S/C30H36BrN3O4/c31-20-11-13-22(14-12-20)32-27(35)24-23-15-17-30(38-23)25(24)29(37)34(18-16-19-7-3-1-4-8-19)26(30)28(36)33-21-9-5-2-6-10-21/h7,11-15,17,21,23-26H,1-6,8-10,16,18H2,(H,32,35)(H,33,36)/t23-,24-,25-,26-,30-/m0/s1. The van der Waals surface area contributed by atoms with Crippen molar-refractivity contribution in [1.82, 2.24) is 10.2 Å². The maximum atomic E-state index is 14.1. The smallest absolute Gasteiger partial charge is 0.246 e. The minimum absolute atomic E-state index is 0.129. The van der Waals surface area contributed by atoms with Crippen molar-refractivity contribution >= 4 is 39.3 Å². The van der Waals surface area contributed by atoms with Crippen LogP contribution < -0.4 is 10.6 Å². The zero-order valence-electron chi connectivity index (χ0n) is 21.7. The van der Waals surface area contributed by atoms with Gasteiger partial charge in [-0.3, -0.25) is 14.4 Å². The summed E-state index contributed by atoms with van der Waals surface area (Å²) in [5.41, 5.74) is 0.913. The van der Waals surface area contributed by atoms with Crippen LogP contribution in [0.3, 0.4) is 0 Å². The second-order valence-corrected chi connectivity index (χ2v) is 12.3. The van der Waals surface area contributed by atoms with Crippen LogP contribution in [0.5, 0.6) is 0 Å². The third kappa shape index (κ3) is 4.64. The van der Waals surface area contributed by atoms with E-state index >= 15 is 0 Å². The van der Waals surface area contributed by atoms with E-state index in [1.807, 2.05) is 36.4 Å². The lowest BCUT2D eigenvalue weighted by Crippen LogP contribution is -2.56. The lowest BCUT2D eigenvalue weighted by molar-refractivity contribution is -0.141. The van der Waals surface area contributed by atoms with Gasteiger partial charge in [0.25, 0.3) is 0 Å². The number of benzene rings is 1. The number of likely N-dealkylation sites (tertiary alicyclic amines) is 1. The van der Waals surface area contributed by atoms with E-state index in [-0.39, 0.29) is 23.8 Å². The number of nitrogens with zero attached hydrogens (tertiary/aromatic N) is 1. The van der Waals surface area contributed by atoms with E-state index in [2.05, 4.69) is 32.6 Å². The molecule has 1 aromatic rings. The lowest BCUT2D eigenvalue weighted by Gasteiger charge is -2.34. The van der Waals surface area contributed by atoms with Crippen LogP contribution >= 0.6 is 15.9 Å². The minimum atomic E-state index is -1.11. The number of carbonyl (C=O) groups is 3. The molecule has 3 aliphatic heterocycles. The van der Waals surface area contributed by atoms with Gasteiger partial charge in [-0.1, -0.05) is 59.0 Å². The molecule has 38 heavy (non-hydrogen) atoms. The number of hydrogen-bond donors (Lipinski definition) is 2. The Morgan fingerprint density at radius 2 is 1.84 bits per heavy atom. The molecular weight excluding hydrogens is 546 g/mol. The predicted molar refractivity (Wildman–Crippen MR) is 148 cm³/mol. The molecule has 1 aromatic carbocycles. The minimum Gasteiger partial charge on any atom is -0.359 e. The topological polar surface area (TPSA) is 87.7 Å². The molecule has 1 spiro atoms. The van der Waals surface area contributed by atoms with Gasteiger partial charge in [-0.05, 0) is 69.2 Å². The number of amides is 3. The average Bonchev–Trinajstić information content (AvgIpc) is 3.57. The van der Waals surface area contributed by atoms with Gasteiger partial charge < -0.3 is 20.3 Å². The summed E-state index contributed by atoms with van der Waals surface area (Å²) >= 11 is 3.42. The maximum Gasteiger partial charge on any atom is 0.246 e. The number of halogens is 1. The first-order valence-electron chi connectivity index (χ1n) is 14.2. The van der Waals surface area contributed by atoms with Gasteiger partial charge in [0.15, 0.2) is 0 Å². The van der Waals surface area contributed by atoms with Gasteiger partial charge in [0.05, 0.1) is 17.9 Å². The fourth-order valence-electron chi connectivity index (χ4n) is 7.19. The summed E-state index contributed by atoms with van der Waals surface area (Å²) < 4.78 is 7.39. The van der Waals surface area contributed by atoms with Gasteiger partial charge >= 0.3 is 0 Å². The Hall–Kier alpha value is -2.45. The molecule has 0 aromatic heterocycles. The fourth-order valence-corrected chi connectivity index (χ4v) is 7.45. The highest BCUT2D eigenvalue weighted by atomic mass is 79.9. The molecule has 1 saturated carbocycles. The van der Waals surface area contributed by atoms with Crippen LogP contribution in [-0.2, 0) is 19.1 Å². The van der Waals surface area contributed by atoms with E-state index in [0.29, 0.717) is 12.2 Å². The summed E-state index contributed by atoms with van der Waals surface area (Å²) in [5, 5.41) is 6.24. The third-order valence-electron chi connectivity index (χ3n) is 9.05. The van der Waals surface area contributed by atoms with Gasteiger partial charge in [-0.2, -0.15) is 0 Å². The Morgan fingerprint density at radius 1 is 1.05 bits per heavy atom. The van der Waals surface area contributed by atoms with Crippen LogP contribution in [0.15, 0.2) is 52.5 Å². The number of anilines is 1. The van der Waals surface area contributed by atoms with Gasteiger partial charge in [-0.15, -0.1) is 0 Å². The second-order valence-electron chi connectivity index (χ2n) is 11.4. The monoisotopic (exact) mass is 581 g/mol. The SMILES string of the molecule is O=C(Nc1ccc(Br)cc1)[C@H]1[C@@H]2C=C[C@]3(O2)[C@@H]1C(=O)N(CCC1=CCCCC1)[C@H]3C(=O)NC1CCCCC1. The number of hydrogen-bond acceptors (Lipinski definition) is 4. The van der Waals surface area contributed by atoms with Gasteiger partial charge in [0.2, 0.25) is 17.7 Å². The first-order chi connectivity index (χ1) is 18.5. The molecule has 5 aliphatic rings. The van der Waals surface area contributed by atoms with E-state index in [1.54, 1.807) is 4.90 Å². The molecule has 6 rings (SSSR count). The number of rotatable bonds is 7. The number of nitrogens with one attached hydrogen (secondary N) is 2. The molecule has 0 unspecified atom stereocenters. The van der Waals surface area contributed by atoms with Crippen LogP contribution in [0.1, 0.15) is 64.2 Å². The van der Waals surface area contributed by atoms with Crippen molar-refractivity contribution in [2.24, 2.45) is 11.8 Å². The number of allylic oxidation sites excluding steroid dienone is 1. The van der Waals surface area contributed by atoms with Crippen LogP contribution in [0.2, 0.25) is 0 Å². The molecule has 2 N–H and O–H groups in total. The van der Waals surface area contributed by atoms with E-state index in [0.717, 1.165) is 49.4 Å². The van der Waals surface area contributed by atoms with Crippen molar-refractivity contribution in [3.8, 4) is 0 Å². The Labute approximate surface area is 232 Å². The van der Waals surface area contributed by atoms with Crippen LogP contribution in [-0.4, -0.2) is 53.0 Å². The Morgan fingerprint density at radius 3 is 2.58 bits per heavy atom. The highest BCUT2D eigenvalue weighted by molar-refractivity contribution is 9.10. The molecule has 3 amide bonds. The fraction of sp³-hybridized carbons (Fsp3) is 0.567. The zero-order valence-corrected chi connectivity index (χ0v) is 23.3. The van der Waals surface area contributed by atoms with Gasteiger partial charge in [0, 0.05) is 22.7 Å². The molecule has 7 nitrogen and oxygen atoms in total. The maximum absolute atomic E-state index is 14.1. The Kier molecular flexibility index (Phi) is 7.20. The first-order valence-corrected chi connectivity index (χ1v) is 15.0. The second kappa shape index (κ2) is 10.6. The third-order valence-corrected chi connectivity index (χ3v) is 9.58. The highest BCUT2D eigenvalue weighted by Gasteiger charge is 2.72. The number of carbonyl (C=O) groups excluding carboxylic acids is 3. The van der Waals surface area contributed by atoms with Crippen LogP contribution in [0.4, 0.5) is 5.69 Å². The molecule has 2 saturated heterocycles. The van der Waals surface area contributed by atoms with Crippen molar-refractivity contribution in [3.05, 3.63) is 52.5 Å². The summed E-state index contributed by atoms with van der Waals surface area (Å²) in [7, 11) is 0. The first kappa shape index (κ1) is 25.8. The number of fused-ring (bicyclic) bond motifs is 1. The van der Waals surface area contributed by atoms with E-state index in [1.165, 1.54) is 24.8 Å². The van der Waals surface area contributed by atoms with Crippen molar-refractivity contribution < 1.29 is 19.1 Å². The molecule has 2 aliphatic carbocycles. The summed E-state index contributed by atoms with van der Waals surface area (Å²) in [6.07, 6.45) is 16.1. The van der Waals surface area contributed by atoms with Gasteiger partial charge in [-0.25, -0.2) is 0 Å². The van der Waals surface area contributed by atoms with Crippen LogP contribution in [0.25, 0.3) is 0 Å². The summed E-state index contributed by atoms with van der Waals surface area (Å²) in [6.45, 7) is 0.467. The molecule has 0 radical (unpaired) electrons. The molecule has 3 fully saturated rings. The molecule has 2 bridgehead atoms. The van der Waals surface area contributed by atoms with Gasteiger partial charge in [0.1, 0.15) is 11.6 Å². The predicted octanol–water partition coefficient (Wildman–Crippen LogP) is 4.88. The molecule has 202 valence electrons. The van der Waals surface area contributed by atoms with Crippen molar-refractivity contribution in [1.29, 1.82) is 0 Å². The lowest BCUT2D eigenvalue weighted by atomic mass is 9.74. The normalized spacial score (nSPS) is 32.3. The Bertz CT molecular complexity index is 1160. The van der Waals surface area contributed by atoms with Crippen molar-refractivity contribution in [2.75, 3.05) is 11.9 Å². The molecule has 8 heteroatoms. The molecule has 5 atom stereocenters. The van der Waals surface area contributed by atoms with Crippen molar-refractivity contribution in [2.45, 2.75) is 88.0 Å². The van der Waals surface area contributed by atoms with E-state index in [9.17, 15) is 14.4 Å². The quantitative estimate of drug-likeness (QED) is 0.449. The highest BCUT2D eigenvalue weighted by Crippen LogP contribution is 2.55. The molecule has 3 heterocycles. The van der Waals surface area contributed by atoms with Crippen molar-refractivity contribution in [3.63, 3.8) is 0 Å². The zero-order chi connectivity index (χ0) is 26.3. The largest absolute Gasteiger partial charge is 0.359 e. The average molecular weight is 583 g/mol. The molecular formula is C30H36BrN3O4. The summed E-state index contributed by atoms with van der Waals surface area (Å²) in [6, 6.07) is 6.73.